The molecule has 9 nitrogen and oxygen atoms in total. The average molecular weight is 388 g/mol. The lowest BCUT2D eigenvalue weighted by Crippen LogP contribution is -2.15. The molecule has 10 heteroatoms. The van der Waals surface area contributed by atoms with E-state index in [2.05, 4.69) is 38.4 Å². The van der Waals surface area contributed by atoms with Crippen molar-refractivity contribution in [2.24, 2.45) is 5.92 Å². The number of hydrogen-bond donors (Lipinski definition) is 2. The smallest absolute Gasteiger partial charge is 0.303 e. The minimum Gasteiger partial charge on any atom is -0.303 e. The Kier molecular flexibility index (Phi) is 16.1. The van der Waals surface area contributed by atoms with Crippen molar-refractivity contribution in [2.45, 2.75) is 78.2 Å². The lowest BCUT2D eigenvalue weighted by molar-refractivity contribution is -0.709. The maximum atomic E-state index is 10.5. The Balaban J connectivity index is 3.15. The summed E-state index contributed by atoms with van der Waals surface area (Å²) in [6.45, 7) is 6.01. The summed E-state index contributed by atoms with van der Waals surface area (Å²) in [7, 11) is -4.55. The Morgan fingerprint density at radius 3 is 1.96 bits per heavy atom. The zero-order chi connectivity index (χ0) is 19.0. The van der Waals surface area contributed by atoms with E-state index < -0.39 is 13.9 Å². The van der Waals surface area contributed by atoms with Gasteiger partial charge in [0.05, 0.1) is 12.7 Å². The summed E-state index contributed by atoms with van der Waals surface area (Å²) in [5, 5.41) is 12.5. The van der Waals surface area contributed by atoms with Crippen LogP contribution >= 0.6 is 7.82 Å². The predicted molar refractivity (Wildman–Crippen MR) is 89.5 cm³/mol. The van der Waals surface area contributed by atoms with Crippen LogP contribution in [0, 0.1) is 5.92 Å². The third-order valence-corrected chi connectivity index (χ3v) is 3.92. The number of hydrogen-bond acceptors (Lipinski definition) is 7. The van der Waals surface area contributed by atoms with Gasteiger partial charge in [0.15, 0.2) is 0 Å². The summed E-state index contributed by atoms with van der Waals surface area (Å²) in [5.74, 6) is 0.796. The zero-order valence-corrected chi connectivity index (χ0v) is 16.3. The topological polar surface area (TPSA) is 113 Å². The largest absolute Gasteiger partial charge is 0.469 e. The molecule has 0 amide bonds. The molecule has 0 aliphatic rings. The van der Waals surface area contributed by atoms with Gasteiger partial charge in [0.2, 0.25) is 0 Å². The van der Waals surface area contributed by atoms with E-state index in [1.165, 1.54) is 45.4 Å². The van der Waals surface area contributed by atoms with Gasteiger partial charge in [-0.2, -0.15) is 0 Å². The van der Waals surface area contributed by atoms with Gasteiger partial charge in [0.25, 0.3) is 0 Å². The van der Waals surface area contributed by atoms with Crippen LogP contribution in [0.3, 0.4) is 0 Å². The quantitative estimate of drug-likeness (QED) is 0.156. The van der Waals surface area contributed by atoms with Crippen molar-refractivity contribution in [3.8, 4) is 0 Å². The second-order valence-corrected chi connectivity index (χ2v) is 7.57. The molecule has 1 atom stereocenters. The van der Waals surface area contributed by atoms with Crippen LogP contribution in [0.4, 0.5) is 0 Å². The van der Waals surface area contributed by atoms with Crippen LogP contribution in [0.1, 0.15) is 72.1 Å². The molecule has 1 unspecified atom stereocenters. The van der Waals surface area contributed by atoms with Crippen LogP contribution in [0.15, 0.2) is 0 Å². The van der Waals surface area contributed by atoms with E-state index in [0.29, 0.717) is 6.61 Å². The molecule has 0 spiro atoms. The van der Waals surface area contributed by atoms with Crippen molar-refractivity contribution < 1.29 is 43.8 Å². The molecule has 0 heterocycles. The molecule has 0 fully saturated rings. The minimum atomic E-state index is -4.55. The van der Waals surface area contributed by atoms with Crippen molar-refractivity contribution in [2.75, 3.05) is 13.2 Å². The highest BCUT2D eigenvalue weighted by atomic mass is 31.2. The van der Waals surface area contributed by atoms with E-state index >= 15 is 0 Å². The van der Waals surface area contributed by atoms with Gasteiger partial charge in [-0.1, -0.05) is 58.8 Å². The molecule has 0 aromatic heterocycles. The summed E-state index contributed by atoms with van der Waals surface area (Å²) >= 11 is 0. The molecule has 0 rings (SSSR count). The van der Waals surface area contributed by atoms with Crippen LogP contribution in [0.5, 0.6) is 0 Å². The normalized spacial score (nSPS) is 13.5. The number of rotatable bonds is 18. The second-order valence-electron chi connectivity index (χ2n) is 6.37. The molecule has 0 aromatic carbocycles. The first kappa shape index (κ1) is 24.9. The molecular formula is C15H33O9P. The Morgan fingerprint density at radius 1 is 0.800 bits per heavy atom. The maximum Gasteiger partial charge on any atom is 0.469 e. The van der Waals surface area contributed by atoms with Gasteiger partial charge in [0, 0.05) is 0 Å². The minimum absolute atomic E-state index is 0.258. The molecule has 152 valence electrons. The molecule has 0 radical (unpaired) electrons. The highest BCUT2D eigenvalue weighted by Crippen LogP contribution is 2.37. The van der Waals surface area contributed by atoms with E-state index in [1.807, 2.05) is 0 Å². The Hall–Kier alpha value is -0.0900. The fourth-order valence-electron chi connectivity index (χ4n) is 2.07. The highest BCUT2D eigenvalue weighted by Gasteiger charge is 2.19. The molecule has 2 N–H and O–H groups in total. The molecule has 0 saturated heterocycles. The van der Waals surface area contributed by atoms with Crippen LogP contribution in [-0.4, -0.2) is 29.1 Å². The lowest BCUT2D eigenvalue weighted by atomic mass is 10.0. The van der Waals surface area contributed by atoms with Crippen LogP contribution in [0.25, 0.3) is 0 Å². The number of phosphoric ester groups is 1. The molecule has 0 bridgehead atoms. The third kappa shape index (κ3) is 21.9. The predicted octanol–water partition coefficient (Wildman–Crippen LogP) is 4.00. The molecule has 0 aliphatic carbocycles. The van der Waals surface area contributed by atoms with E-state index in [4.69, 9.17) is 14.7 Å². The van der Waals surface area contributed by atoms with Crippen molar-refractivity contribution in [3.05, 3.63) is 0 Å². The van der Waals surface area contributed by atoms with Gasteiger partial charge in [-0.05, 0) is 34.4 Å². The van der Waals surface area contributed by atoms with Gasteiger partial charge in [-0.25, -0.2) is 14.3 Å². The first-order valence-electron chi connectivity index (χ1n) is 8.79. The summed E-state index contributed by atoms with van der Waals surface area (Å²) in [6.07, 6.45) is 8.65. The van der Waals surface area contributed by atoms with Gasteiger partial charge >= 0.3 is 7.82 Å². The van der Waals surface area contributed by atoms with E-state index in [-0.39, 0.29) is 6.61 Å². The number of phosphoric acid groups is 1. The van der Waals surface area contributed by atoms with Gasteiger partial charge in [0.1, 0.15) is 6.61 Å². The Morgan fingerprint density at radius 2 is 1.36 bits per heavy atom. The summed E-state index contributed by atoms with van der Waals surface area (Å²) in [4.78, 5) is 26.2. The first-order chi connectivity index (χ1) is 11.8. The van der Waals surface area contributed by atoms with Gasteiger partial charge in [-0.15, -0.1) is 0 Å². The van der Waals surface area contributed by atoms with E-state index in [0.717, 1.165) is 18.8 Å². The molecule has 25 heavy (non-hydrogen) atoms. The molecule has 0 saturated carbocycles. The van der Waals surface area contributed by atoms with Crippen molar-refractivity contribution in [1.29, 1.82) is 0 Å². The van der Waals surface area contributed by atoms with Crippen molar-refractivity contribution >= 4 is 7.82 Å². The standard InChI is InChI=1S/C15H33O9P/c1-14(2)11-9-7-5-4-6-8-10-12-19-22-24-23-20-13-15(3)21-25(16,17)18/h14-15H,4-13H2,1-3H3,(H2,16,17,18). The highest BCUT2D eigenvalue weighted by molar-refractivity contribution is 7.46. The second kappa shape index (κ2) is 16.1. The van der Waals surface area contributed by atoms with E-state index in [9.17, 15) is 4.57 Å². The van der Waals surface area contributed by atoms with E-state index in [1.54, 1.807) is 0 Å². The van der Waals surface area contributed by atoms with Crippen LogP contribution in [-0.2, 0) is 34.0 Å². The first-order valence-corrected chi connectivity index (χ1v) is 10.3. The van der Waals surface area contributed by atoms with Crippen molar-refractivity contribution in [1.82, 2.24) is 0 Å². The fourth-order valence-corrected chi connectivity index (χ4v) is 2.60. The Labute approximate surface area is 149 Å². The molecule has 0 aromatic rings. The van der Waals surface area contributed by atoms with Crippen molar-refractivity contribution in [3.63, 3.8) is 0 Å². The Bertz CT molecular complexity index is 335. The molecule has 0 aliphatic heterocycles. The third-order valence-electron chi connectivity index (χ3n) is 3.28. The lowest BCUT2D eigenvalue weighted by Gasteiger charge is -2.11. The van der Waals surface area contributed by atoms with Crippen LogP contribution in [0.2, 0.25) is 0 Å². The summed E-state index contributed by atoms with van der Waals surface area (Å²) in [6, 6.07) is 0. The zero-order valence-electron chi connectivity index (χ0n) is 15.4. The summed E-state index contributed by atoms with van der Waals surface area (Å²) < 4.78 is 14.8. The fraction of sp³-hybridized carbons (Fsp3) is 1.00. The maximum absolute atomic E-state index is 10.5. The van der Waals surface area contributed by atoms with Gasteiger partial charge < -0.3 is 9.79 Å². The number of unbranched alkanes of at least 4 members (excludes halogenated alkanes) is 6. The SMILES string of the molecule is CC(C)CCCCCCCCCOOOOOCC(C)OP(=O)(O)O. The molecular weight excluding hydrogens is 355 g/mol. The summed E-state index contributed by atoms with van der Waals surface area (Å²) in [5.41, 5.74) is 0. The van der Waals surface area contributed by atoms with Crippen LogP contribution < -0.4 is 0 Å². The monoisotopic (exact) mass is 388 g/mol. The average Bonchev–Trinajstić information content (AvgIpc) is 2.49. The van der Waals surface area contributed by atoms with Gasteiger partial charge in [-0.3, -0.25) is 4.52 Å².